The number of imidazole rings is 1. The van der Waals surface area contributed by atoms with Crippen molar-refractivity contribution < 1.29 is 14.7 Å². The van der Waals surface area contributed by atoms with Gasteiger partial charge in [0.15, 0.2) is 17.0 Å². The molecule has 2 aliphatic carbocycles. The quantitative estimate of drug-likeness (QED) is 0.428. The van der Waals surface area contributed by atoms with E-state index in [1.165, 1.54) is 17.7 Å². The molecule has 3 fully saturated rings. The van der Waals surface area contributed by atoms with Crippen molar-refractivity contribution in [2.24, 2.45) is 5.73 Å². The van der Waals surface area contributed by atoms with Crippen LogP contribution in [0.15, 0.2) is 6.33 Å². The summed E-state index contributed by atoms with van der Waals surface area (Å²) in [4.78, 5) is 38.7. The smallest absolute Gasteiger partial charge is 0.412 e. The summed E-state index contributed by atoms with van der Waals surface area (Å²) >= 11 is 0. The van der Waals surface area contributed by atoms with Crippen molar-refractivity contribution in [1.82, 2.24) is 29.7 Å². The number of imide groups is 1. The zero-order valence-corrected chi connectivity index (χ0v) is 19.9. The first kappa shape index (κ1) is 23.6. The maximum absolute atomic E-state index is 12.0. The van der Waals surface area contributed by atoms with Gasteiger partial charge in [0.1, 0.15) is 0 Å². The molecule has 2 aromatic rings. The van der Waals surface area contributed by atoms with Gasteiger partial charge in [-0.05, 0) is 51.4 Å². The first-order chi connectivity index (χ1) is 17.0. The predicted molar refractivity (Wildman–Crippen MR) is 131 cm³/mol. The van der Waals surface area contributed by atoms with Gasteiger partial charge in [-0.2, -0.15) is 9.97 Å². The van der Waals surface area contributed by atoms with Crippen LogP contribution < -0.4 is 21.7 Å². The second kappa shape index (κ2) is 10.2. The van der Waals surface area contributed by atoms with Crippen LogP contribution in [-0.4, -0.2) is 72.9 Å². The number of carbonyl (C=O) groups is 2. The summed E-state index contributed by atoms with van der Waals surface area (Å²) in [6, 6.07) is 0.521. The van der Waals surface area contributed by atoms with E-state index in [1.54, 1.807) is 0 Å². The minimum Gasteiger partial charge on any atom is -0.465 e. The molecule has 0 unspecified atom stereocenters. The summed E-state index contributed by atoms with van der Waals surface area (Å²) in [5.41, 5.74) is 7.70. The van der Waals surface area contributed by atoms with Gasteiger partial charge in [-0.1, -0.05) is 12.8 Å². The van der Waals surface area contributed by atoms with Gasteiger partial charge in [0.25, 0.3) is 0 Å². The number of hydrogen-bond donors (Lipinski definition) is 5. The maximum Gasteiger partial charge on any atom is 0.412 e. The lowest BCUT2D eigenvalue weighted by Crippen LogP contribution is -2.48. The summed E-state index contributed by atoms with van der Waals surface area (Å²) in [5, 5.41) is 17.8. The van der Waals surface area contributed by atoms with E-state index < -0.39 is 12.1 Å². The van der Waals surface area contributed by atoms with E-state index in [-0.39, 0.29) is 12.1 Å². The summed E-state index contributed by atoms with van der Waals surface area (Å²) in [6.45, 7) is 0.934. The Balaban J connectivity index is 1.34. The van der Waals surface area contributed by atoms with Gasteiger partial charge >= 0.3 is 12.1 Å². The number of nitrogens with zero attached hydrogens (tertiary/aromatic N) is 5. The lowest BCUT2D eigenvalue weighted by Gasteiger charge is -2.32. The Bertz CT molecular complexity index is 1050. The number of nitrogens with two attached hydrogens (primary N) is 1. The third-order valence-electron chi connectivity index (χ3n) is 7.58. The van der Waals surface area contributed by atoms with Crippen LogP contribution in [0.5, 0.6) is 0 Å². The number of nitrogens with one attached hydrogen (secondary N) is 3. The fraction of sp³-hybridized carbons (Fsp3) is 0.696. The average molecular weight is 486 g/mol. The molecule has 190 valence electrons. The van der Waals surface area contributed by atoms with Crippen molar-refractivity contribution in [2.45, 2.75) is 88.4 Å². The summed E-state index contributed by atoms with van der Waals surface area (Å²) in [7, 11) is 0. The second-order valence-electron chi connectivity index (χ2n) is 10.1. The van der Waals surface area contributed by atoms with E-state index in [2.05, 4.69) is 15.2 Å². The molecule has 0 aromatic carbocycles. The molecule has 1 aliphatic heterocycles. The zero-order valence-electron chi connectivity index (χ0n) is 19.9. The van der Waals surface area contributed by atoms with Gasteiger partial charge in [-0.15, -0.1) is 0 Å². The molecule has 12 heteroatoms. The van der Waals surface area contributed by atoms with Gasteiger partial charge in [0.2, 0.25) is 5.95 Å². The number of carbonyl (C=O) groups excluding carboxylic acids is 1. The van der Waals surface area contributed by atoms with Crippen LogP contribution in [0.1, 0.15) is 70.3 Å². The third kappa shape index (κ3) is 5.42. The fourth-order valence-corrected chi connectivity index (χ4v) is 5.57. The highest BCUT2D eigenvalue weighted by Gasteiger charge is 2.27. The number of likely N-dealkylation sites (tertiary alicyclic amines) is 1. The molecule has 2 saturated carbocycles. The summed E-state index contributed by atoms with van der Waals surface area (Å²) in [6.07, 6.45) is 10.7. The van der Waals surface area contributed by atoms with Gasteiger partial charge in [-0.25, -0.2) is 19.9 Å². The van der Waals surface area contributed by atoms with E-state index >= 15 is 0 Å². The Hall–Kier alpha value is -3.15. The first-order valence-corrected chi connectivity index (χ1v) is 12.8. The molecule has 3 amide bonds. The Kier molecular flexibility index (Phi) is 6.89. The highest BCUT2D eigenvalue weighted by molar-refractivity contribution is 5.89. The van der Waals surface area contributed by atoms with Gasteiger partial charge < -0.3 is 30.9 Å². The Morgan fingerprint density at radius 1 is 0.943 bits per heavy atom. The molecule has 5 rings (SSSR count). The van der Waals surface area contributed by atoms with Crippen LogP contribution in [0.4, 0.5) is 21.4 Å². The van der Waals surface area contributed by atoms with Crippen LogP contribution in [0, 0.1) is 0 Å². The molecule has 3 heterocycles. The molecule has 2 aromatic heterocycles. The first-order valence-electron chi connectivity index (χ1n) is 12.8. The number of carboxylic acid groups (broad SMARTS) is 1. The molecule has 12 nitrogen and oxygen atoms in total. The van der Waals surface area contributed by atoms with E-state index in [9.17, 15) is 9.59 Å². The maximum atomic E-state index is 12.0. The number of piperidine rings is 1. The lowest BCUT2D eigenvalue weighted by atomic mass is 9.92. The highest BCUT2D eigenvalue weighted by atomic mass is 16.4. The average Bonchev–Trinajstić information content (AvgIpc) is 3.51. The molecular formula is C23H35N9O3. The Morgan fingerprint density at radius 3 is 2.31 bits per heavy atom. The number of rotatable bonds is 5. The standard InChI is InChI=1S/C23H35N9O3/c24-14-5-7-15(8-6-14)27-21-28-19(18-20(29-21)32(13-25-18)17-3-1-2-4-17)26-16-9-11-31(12-10-16)22(33)30-23(34)35/h13-17H,1-12,24H2,(H,30,33)(H,34,35)(H2,26,27,28,29). The van der Waals surface area contributed by atoms with Crippen molar-refractivity contribution in [3.63, 3.8) is 0 Å². The van der Waals surface area contributed by atoms with Crippen LogP contribution in [0.2, 0.25) is 0 Å². The number of urea groups is 1. The summed E-state index contributed by atoms with van der Waals surface area (Å²) < 4.78 is 2.20. The number of fused-ring (bicyclic) bond motifs is 1. The van der Waals surface area contributed by atoms with Crippen molar-refractivity contribution >= 4 is 35.1 Å². The minimum atomic E-state index is -1.34. The van der Waals surface area contributed by atoms with Gasteiger partial charge in [-0.3, -0.25) is 0 Å². The predicted octanol–water partition coefficient (Wildman–Crippen LogP) is 2.89. The zero-order chi connectivity index (χ0) is 24.4. The molecule has 3 aliphatic rings. The van der Waals surface area contributed by atoms with E-state index in [0.717, 1.165) is 49.7 Å². The lowest BCUT2D eigenvalue weighted by molar-refractivity contribution is 0.169. The Morgan fingerprint density at radius 2 is 1.63 bits per heavy atom. The summed E-state index contributed by atoms with van der Waals surface area (Å²) in [5.74, 6) is 1.31. The molecule has 1 saturated heterocycles. The van der Waals surface area contributed by atoms with Crippen LogP contribution in [-0.2, 0) is 0 Å². The second-order valence-corrected chi connectivity index (χ2v) is 10.1. The molecular weight excluding hydrogens is 450 g/mol. The van der Waals surface area contributed by atoms with Crippen LogP contribution in [0.3, 0.4) is 0 Å². The van der Waals surface area contributed by atoms with Crippen molar-refractivity contribution in [2.75, 3.05) is 23.7 Å². The van der Waals surface area contributed by atoms with Crippen molar-refractivity contribution in [3.05, 3.63) is 6.33 Å². The van der Waals surface area contributed by atoms with Crippen LogP contribution in [0.25, 0.3) is 11.2 Å². The van der Waals surface area contributed by atoms with Crippen molar-refractivity contribution in [3.8, 4) is 0 Å². The number of hydrogen-bond acceptors (Lipinski definition) is 8. The third-order valence-corrected chi connectivity index (χ3v) is 7.58. The topological polar surface area (TPSA) is 163 Å². The van der Waals surface area contributed by atoms with E-state index in [1.807, 2.05) is 11.6 Å². The molecule has 35 heavy (non-hydrogen) atoms. The number of amides is 3. The molecule has 0 spiro atoms. The fourth-order valence-electron chi connectivity index (χ4n) is 5.57. The Labute approximate surface area is 204 Å². The van der Waals surface area contributed by atoms with E-state index in [0.29, 0.717) is 49.8 Å². The monoisotopic (exact) mass is 485 g/mol. The van der Waals surface area contributed by atoms with Crippen molar-refractivity contribution in [1.29, 1.82) is 0 Å². The molecule has 0 radical (unpaired) electrons. The number of aromatic nitrogens is 4. The molecule has 0 bridgehead atoms. The van der Waals surface area contributed by atoms with Gasteiger partial charge in [0, 0.05) is 37.3 Å². The molecule has 6 N–H and O–H groups in total. The largest absolute Gasteiger partial charge is 0.465 e. The number of anilines is 2. The van der Waals surface area contributed by atoms with Gasteiger partial charge in [0.05, 0.1) is 6.33 Å². The SMILES string of the molecule is NC1CCC(Nc2nc(NC3CCN(C(=O)NC(=O)O)CC3)c3ncn(C4CCCC4)c3n2)CC1. The normalized spacial score (nSPS) is 24.0. The van der Waals surface area contributed by atoms with Crippen LogP contribution >= 0.6 is 0 Å². The highest BCUT2D eigenvalue weighted by Crippen LogP contribution is 2.33. The molecule has 0 atom stereocenters. The minimum absolute atomic E-state index is 0.0964. The van der Waals surface area contributed by atoms with E-state index in [4.69, 9.17) is 25.8 Å².